The first-order valence-electron chi connectivity index (χ1n) is 9.79. The lowest BCUT2D eigenvalue weighted by molar-refractivity contribution is -0.140. The van der Waals surface area contributed by atoms with Crippen LogP contribution in [0.25, 0.3) is 5.57 Å². The molecule has 2 fully saturated rings. The van der Waals surface area contributed by atoms with Crippen molar-refractivity contribution in [3.63, 3.8) is 0 Å². The maximum atomic E-state index is 13.9. The fourth-order valence-electron chi connectivity index (χ4n) is 5.53. The fourth-order valence-corrected chi connectivity index (χ4v) is 5.53. The molecule has 0 N–H and O–H groups in total. The van der Waals surface area contributed by atoms with Crippen molar-refractivity contribution in [2.45, 2.75) is 25.0 Å². The van der Waals surface area contributed by atoms with Gasteiger partial charge >= 0.3 is 6.09 Å². The lowest BCUT2D eigenvalue weighted by atomic mass is 9.73. The van der Waals surface area contributed by atoms with Crippen LogP contribution in [0.1, 0.15) is 29.3 Å². The first-order chi connectivity index (χ1) is 14.1. The van der Waals surface area contributed by atoms with Gasteiger partial charge in [0.25, 0.3) is 0 Å². The van der Waals surface area contributed by atoms with E-state index in [4.69, 9.17) is 13.9 Å². The molecular weight excluding hydrogens is 372 g/mol. The van der Waals surface area contributed by atoms with Gasteiger partial charge in [-0.1, -0.05) is 18.2 Å². The second kappa shape index (κ2) is 5.65. The third kappa shape index (κ3) is 2.02. The minimum Gasteiger partial charge on any atom is -0.497 e. The highest BCUT2D eigenvalue weighted by Crippen LogP contribution is 2.66. The summed E-state index contributed by atoms with van der Waals surface area (Å²) in [6, 6.07) is 9.14. The van der Waals surface area contributed by atoms with Gasteiger partial charge in [0.1, 0.15) is 29.6 Å². The molecule has 1 aromatic heterocycles. The SMILES string of the molecule is COc1ccc(CN2CC=C3c4ccoc4[C@@H]4N5C(=O)OC[C@H]5C[C@]34C2=O)cc1. The van der Waals surface area contributed by atoms with Crippen LogP contribution < -0.4 is 4.74 Å². The Morgan fingerprint density at radius 1 is 1.21 bits per heavy atom. The Morgan fingerprint density at radius 3 is 2.83 bits per heavy atom. The zero-order valence-electron chi connectivity index (χ0n) is 16.0. The highest BCUT2D eigenvalue weighted by molar-refractivity contribution is 6.03. The second-order valence-corrected chi connectivity index (χ2v) is 8.07. The van der Waals surface area contributed by atoms with Gasteiger partial charge in [-0.05, 0) is 35.8 Å². The third-order valence-corrected chi connectivity index (χ3v) is 6.74. The van der Waals surface area contributed by atoms with Gasteiger partial charge in [0, 0.05) is 18.7 Å². The molecule has 2 saturated heterocycles. The molecule has 0 radical (unpaired) electrons. The smallest absolute Gasteiger partial charge is 0.410 e. The maximum Gasteiger partial charge on any atom is 0.410 e. The summed E-state index contributed by atoms with van der Waals surface area (Å²) in [5.41, 5.74) is 2.22. The number of hydrogen-bond donors (Lipinski definition) is 0. The van der Waals surface area contributed by atoms with Gasteiger partial charge in [-0.15, -0.1) is 0 Å². The summed E-state index contributed by atoms with van der Waals surface area (Å²) in [4.78, 5) is 29.9. The zero-order chi connectivity index (χ0) is 19.8. The second-order valence-electron chi connectivity index (χ2n) is 8.07. The summed E-state index contributed by atoms with van der Waals surface area (Å²) in [5, 5.41) is 0. The first-order valence-corrected chi connectivity index (χ1v) is 9.79. The molecule has 6 rings (SSSR count). The molecule has 7 heteroatoms. The van der Waals surface area contributed by atoms with E-state index in [-0.39, 0.29) is 18.0 Å². The number of amides is 2. The minimum absolute atomic E-state index is 0.0596. The molecule has 4 aliphatic rings. The molecule has 3 atom stereocenters. The Labute approximate surface area is 167 Å². The molecule has 2 aromatic rings. The average Bonchev–Trinajstić information content (AvgIpc) is 3.45. The highest BCUT2D eigenvalue weighted by Gasteiger charge is 2.69. The molecule has 1 aliphatic carbocycles. The Morgan fingerprint density at radius 2 is 2.03 bits per heavy atom. The largest absolute Gasteiger partial charge is 0.497 e. The van der Waals surface area contributed by atoms with E-state index in [2.05, 4.69) is 6.08 Å². The molecule has 3 aliphatic heterocycles. The number of methoxy groups -OCH3 is 1. The number of ether oxygens (including phenoxy) is 2. The predicted molar refractivity (Wildman–Crippen MR) is 102 cm³/mol. The highest BCUT2D eigenvalue weighted by atomic mass is 16.6. The van der Waals surface area contributed by atoms with Crippen molar-refractivity contribution in [3.05, 3.63) is 59.6 Å². The quantitative estimate of drug-likeness (QED) is 0.803. The van der Waals surface area contributed by atoms with Crippen LogP contribution in [0, 0.1) is 5.41 Å². The maximum absolute atomic E-state index is 13.9. The van der Waals surface area contributed by atoms with Crippen molar-refractivity contribution in [1.82, 2.24) is 9.80 Å². The van der Waals surface area contributed by atoms with Gasteiger partial charge < -0.3 is 18.8 Å². The number of furan rings is 1. The molecule has 4 heterocycles. The van der Waals surface area contributed by atoms with Crippen LogP contribution in [-0.2, 0) is 16.1 Å². The van der Waals surface area contributed by atoms with E-state index in [1.165, 1.54) is 0 Å². The van der Waals surface area contributed by atoms with Crippen LogP contribution in [-0.4, -0.2) is 48.1 Å². The summed E-state index contributed by atoms with van der Waals surface area (Å²) in [6.07, 6.45) is 3.98. The number of carbonyl (C=O) groups excluding carboxylic acids is 2. The Kier molecular flexibility index (Phi) is 3.26. The van der Waals surface area contributed by atoms with Gasteiger partial charge in [0.2, 0.25) is 5.91 Å². The normalized spacial score (nSPS) is 29.2. The topological polar surface area (TPSA) is 72.2 Å². The van der Waals surface area contributed by atoms with Crippen molar-refractivity contribution < 1.29 is 23.5 Å². The van der Waals surface area contributed by atoms with Crippen LogP contribution in [0.15, 0.2) is 47.1 Å². The van der Waals surface area contributed by atoms with Gasteiger partial charge in [0.15, 0.2) is 0 Å². The van der Waals surface area contributed by atoms with Gasteiger partial charge in [-0.2, -0.15) is 0 Å². The number of hydrogen-bond acceptors (Lipinski definition) is 5. The number of cyclic esters (lactones) is 1. The predicted octanol–water partition coefficient (Wildman–Crippen LogP) is 2.98. The molecule has 29 heavy (non-hydrogen) atoms. The summed E-state index contributed by atoms with van der Waals surface area (Å²) < 4.78 is 16.3. The van der Waals surface area contributed by atoms with Crippen molar-refractivity contribution in [2.75, 3.05) is 20.3 Å². The Balaban J connectivity index is 1.40. The molecular formula is C22H20N2O5. The van der Waals surface area contributed by atoms with Crippen LogP contribution in [0.5, 0.6) is 5.75 Å². The molecule has 1 aromatic carbocycles. The zero-order valence-corrected chi connectivity index (χ0v) is 16.0. The number of rotatable bonds is 3. The van der Waals surface area contributed by atoms with E-state index in [1.807, 2.05) is 35.2 Å². The number of benzene rings is 1. The third-order valence-electron chi connectivity index (χ3n) is 6.74. The monoisotopic (exact) mass is 392 g/mol. The standard InChI is InChI=1S/C22H20N2O5/c1-27-15-4-2-13(3-5-15)11-23-8-6-17-16-7-9-28-18(16)19-22(17,20(23)25)10-14-12-29-21(26)24(14)19/h2-7,9,14,19H,8,10-12H2,1H3/t14-,19+,22+/m1/s1. The summed E-state index contributed by atoms with van der Waals surface area (Å²) in [7, 11) is 1.63. The molecule has 0 bridgehead atoms. The van der Waals surface area contributed by atoms with Crippen LogP contribution in [0.3, 0.4) is 0 Å². The van der Waals surface area contributed by atoms with E-state index in [9.17, 15) is 9.59 Å². The lowest BCUT2D eigenvalue weighted by Crippen LogP contribution is -2.48. The van der Waals surface area contributed by atoms with E-state index in [1.54, 1.807) is 18.3 Å². The van der Waals surface area contributed by atoms with E-state index in [0.717, 1.165) is 22.4 Å². The van der Waals surface area contributed by atoms with E-state index >= 15 is 0 Å². The molecule has 0 unspecified atom stereocenters. The van der Waals surface area contributed by atoms with Crippen molar-refractivity contribution in [3.8, 4) is 5.75 Å². The van der Waals surface area contributed by atoms with Crippen LogP contribution >= 0.6 is 0 Å². The molecule has 2 amide bonds. The molecule has 1 spiro atoms. The summed E-state index contributed by atoms with van der Waals surface area (Å²) >= 11 is 0. The fraction of sp³-hybridized carbons (Fsp3) is 0.364. The van der Waals surface area contributed by atoms with Crippen molar-refractivity contribution >= 4 is 17.6 Å². The molecule has 7 nitrogen and oxygen atoms in total. The van der Waals surface area contributed by atoms with E-state index in [0.29, 0.717) is 31.9 Å². The minimum atomic E-state index is -0.774. The van der Waals surface area contributed by atoms with Crippen LogP contribution in [0.4, 0.5) is 4.79 Å². The van der Waals surface area contributed by atoms with Crippen molar-refractivity contribution in [2.24, 2.45) is 5.41 Å². The van der Waals surface area contributed by atoms with Crippen LogP contribution in [0.2, 0.25) is 0 Å². The summed E-state index contributed by atoms with van der Waals surface area (Å²) in [5.74, 6) is 1.55. The van der Waals surface area contributed by atoms with Gasteiger partial charge in [0.05, 0.1) is 19.4 Å². The number of carbonyl (C=O) groups is 2. The Bertz CT molecular complexity index is 1060. The summed E-state index contributed by atoms with van der Waals surface area (Å²) in [6.45, 7) is 1.37. The van der Waals surface area contributed by atoms with Crippen molar-refractivity contribution in [1.29, 1.82) is 0 Å². The molecule has 148 valence electrons. The lowest BCUT2D eigenvalue weighted by Gasteiger charge is -2.39. The Hall–Kier alpha value is -3.22. The van der Waals surface area contributed by atoms with Gasteiger partial charge in [-0.3, -0.25) is 9.69 Å². The first kappa shape index (κ1) is 16.7. The number of nitrogens with zero attached hydrogens (tertiary/aromatic N) is 2. The number of fused-ring (bicyclic) bond motifs is 5. The van der Waals surface area contributed by atoms with E-state index < -0.39 is 11.5 Å². The molecule has 0 saturated carbocycles. The average molecular weight is 392 g/mol. The van der Waals surface area contributed by atoms with Gasteiger partial charge in [-0.25, -0.2) is 4.79 Å².